The Hall–Kier alpha value is -1.12. The normalized spacial score (nSPS) is 22.3. The number of carboxylic acids is 1. The molecule has 2 heterocycles. The molecular formula is C12H19N3O4S. The van der Waals surface area contributed by atoms with Crippen molar-refractivity contribution < 1.29 is 19.4 Å². The van der Waals surface area contributed by atoms with E-state index < -0.39 is 5.97 Å². The molecule has 8 heteroatoms. The summed E-state index contributed by atoms with van der Waals surface area (Å²) in [5.74, 6) is 0.243. The second kappa shape index (κ2) is 7.05. The van der Waals surface area contributed by atoms with Crippen LogP contribution in [0.25, 0.3) is 0 Å². The molecule has 1 N–H and O–H groups in total. The Balaban J connectivity index is 2.19. The SMILES string of the molecule is COCCn1c(SCC(=O)O)nnc1C1OCCC1C. The highest BCUT2D eigenvalue weighted by Gasteiger charge is 2.31. The lowest BCUT2D eigenvalue weighted by atomic mass is 10.0. The van der Waals surface area contributed by atoms with Crippen LogP contribution in [-0.4, -0.2) is 51.9 Å². The first-order valence-electron chi connectivity index (χ1n) is 6.51. The maximum absolute atomic E-state index is 10.7. The molecule has 1 saturated heterocycles. The maximum Gasteiger partial charge on any atom is 0.313 e. The van der Waals surface area contributed by atoms with Crippen molar-refractivity contribution in [2.75, 3.05) is 26.1 Å². The summed E-state index contributed by atoms with van der Waals surface area (Å²) in [6.07, 6.45) is 0.929. The molecule has 2 unspecified atom stereocenters. The number of hydrogen-bond acceptors (Lipinski definition) is 6. The molecule has 7 nitrogen and oxygen atoms in total. The van der Waals surface area contributed by atoms with Crippen LogP contribution < -0.4 is 0 Å². The summed E-state index contributed by atoms with van der Waals surface area (Å²) < 4.78 is 12.7. The molecule has 112 valence electrons. The minimum atomic E-state index is -0.872. The number of thioether (sulfide) groups is 1. The summed E-state index contributed by atoms with van der Waals surface area (Å²) >= 11 is 1.17. The molecule has 2 atom stereocenters. The Morgan fingerprint density at radius 1 is 1.60 bits per heavy atom. The average Bonchev–Trinajstić information content (AvgIpc) is 2.99. The highest BCUT2D eigenvalue weighted by atomic mass is 32.2. The van der Waals surface area contributed by atoms with Crippen LogP contribution in [0.2, 0.25) is 0 Å². The van der Waals surface area contributed by atoms with E-state index in [0.717, 1.165) is 18.9 Å². The lowest BCUT2D eigenvalue weighted by molar-refractivity contribution is -0.133. The predicted octanol–water partition coefficient (Wildman–Crippen LogP) is 1.20. The molecule has 2 rings (SSSR count). The van der Waals surface area contributed by atoms with Gasteiger partial charge < -0.3 is 19.1 Å². The number of nitrogens with zero attached hydrogens (tertiary/aromatic N) is 3. The van der Waals surface area contributed by atoms with Crippen LogP contribution in [0.3, 0.4) is 0 Å². The van der Waals surface area contributed by atoms with Gasteiger partial charge in [-0.2, -0.15) is 0 Å². The summed E-state index contributed by atoms with van der Waals surface area (Å²) in [5.41, 5.74) is 0. The minimum Gasteiger partial charge on any atom is -0.481 e. The second-order valence-corrected chi connectivity index (χ2v) is 5.67. The molecule has 0 aromatic carbocycles. The van der Waals surface area contributed by atoms with Gasteiger partial charge in [-0.3, -0.25) is 4.79 Å². The van der Waals surface area contributed by atoms with Gasteiger partial charge in [0.05, 0.1) is 12.4 Å². The first kappa shape index (κ1) is 15.3. The number of methoxy groups -OCH3 is 1. The number of aliphatic carboxylic acids is 1. The van der Waals surface area contributed by atoms with Crippen LogP contribution in [0.1, 0.15) is 25.3 Å². The van der Waals surface area contributed by atoms with Gasteiger partial charge in [0.2, 0.25) is 0 Å². The van der Waals surface area contributed by atoms with E-state index in [0.29, 0.717) is 24.2 Å². The molecule has 1 aromatic heterocycles. The zero-order valence-corrected chi connectivity index (χ0v) is 12.4. The standard InChI is InChI=1S/C12H19N3O4S/c1-8-3-5-19-10(8)11-13-14-12(20-7-9(16)17)15(11)4-6-18-2/h8,10H,3-7H2,1-2H3,(H,16,17). The van der Waals surface area contributed by atoms with Crippen LogP contribution in [-0.2, 0) is 20.8 Å². The molecule has 0 spiro atoms. The largest absolute Gasteiger partial charge is 0.481 e. The number of rotatable bonds is 7. The zero-order chi connectivity index (χ0) is 14.5. The van der Waals surface area contributed by atoms with E-state index in [4.69, 9.17) is 14.6 Å². The van der Waals surface area contributed by atoms with Gasteiger partial charge in [0.15, 0.2) is 11.0 Å². The molecule has 1 fully saturated rings. The number of carbonyl (C=O) groups is 1. The third kappa shape index (κ3) is 3.50. The van der Waals surface area contributed by atoms with Crippen LogP contribution in [0.4, 0.5) is 0 Å². The van der Waals surface area contributed by atoms with Gasteiger partial charge in [-0.1, -0.05) is 18.7 Å². The topological polar surface area (TPSA) is 86.5 Å². The molecule has 0 aliphatic carbocycles. The Morgan fingerprint density at radius 3 is 3.00 bits per heavy atom. The van der Waals surface area contributed by atoms with Crippen LogP contribution in [0.15, 0.2) is 5.16 Å². The third-order valence-corrected chi connectivity index (χ3v) is 4.18. The van der Waals surface area contributed by atoms with Crippen molar-refractivity contribution in [3.8, 4) is 0 Å². The highest BCUT2D eigenvalue weighted by Crippen LogP contribution is 2.34. The van der Waals surface area contributed by atoms with E-state index >= 15 is 0 Å². The molecule has 0 bridgehead atoms. The Kier molecular flexibility index (Phi) is 5.38. The lowest BCUT2D eigenvalue weighted by Crippen LogP contribution is -2.16. The second-order valence-electron chi connectivity index (χ2n) is 4.72. The number of carboxylic acid groups (broad SMARTS) is 1. The fourth-order valence-corrected chi connectivity index (χ4v) is 2.85. The molecule has 20 heavy (non-hydrogen) atoms. The first-order valence-corrected chi connectivity index (χ1v) is 7.50. The molecule has 0 amide bonds. The molecule has 1 aliphatic rings. The van der Waals surface area contributed by atoms with Crippen molar-refractivity contribution in [3.05, 3.63) is 5.82 Å². The van der Waals surface area contributed by atoms with Crippen molar-refractivity contribution in [2.45, 2.75) is 31.1 Å². The van der Waals surface area contributed by atoms with E-state index in [1.807, 2.05) is 4.57 Å². The fraction of sp³-hybridized carbons (Fsp3) is 0.750. The summed E-state index contributed by atoms with van der Waals surface area (Å²) in [6, 6.07) is 0. The van der Waals surface area contributed by atoms with Crippen LogP contribution in [0, 0.1) is 5.92 Å². The fourth-order valence-electron chi connectivity index (χ4n) is 2.16. The van der Waals surface area contributed by atoms with Gasteiger partial charge in [-0.05, 0) is 12.3 Å². The van der Waals surface area contributed by atoms with Gasteiger partial charge in [-0.25, -0.2) is 0 Å². The third-order valence-electron chi connectivity index (χ3n) is 3.23. The van der Waals surface area contributed by atoms with E-state index in [2.05, 4.69) is 17.1 Å². The monoisotopic (exact) mass is 301 g/mol. The maximum atomic E-state index is 10.7. The van der Waals surface area contributed by atoms with Gasteiger partial charge in [0.1, 0.15) is 6.10 Å². The van der Waals surface area contributed by atoms with Crippen LogP contribution >= 0.6 is 11.8 Å². The van der Waals surface area contributed by atoms with E-state index in [1.165, 1.54) is 11.8 Å². The first-order chi connectivity index (χ1) is 9.63. The van der Waals surface area contributed by atoms with E-state index in [1.54, 1.807) is 7.11 Å². The van der Waals surface area contributed by atoms with Crippen molar-refractivity contribution in [2.24, 2.45) is 5.92 Å². The highest BCUT2D eigenvalue weighted by molar-refractivity contribution is 7.99. The molecule has 0 saturated carbocycles. The molecule has 1 aromatic rings. The molecular weight excluding hydrogens is 282 g/mol. The number of ether oxygens (including phenoxy) is 2. The Bertz CT molecular complexity index is 466. The van der Waals surface area contributed by atoms with E-state index in [-0.39, 0.29) is 11.9 Å². The van der Waals surface area contributed by atoms with Crippen LogP contribution in [0.5, 0.6) is 0 Å². The molecule has 1 aliphatic heterocycles. The van der Waals surface area contributed by atoms with Crippen molar-refractivity contribution in [3.63, 3.8) is 0 Å². The summed E-state index contributed by atoms with van der Waals surface area (Å²) in [7, 11) is 1.63. The van der Waals surface area contributed by atoms with Gasteiger partial charge in [-0.15, -0.1) is 10.2 Å². The van der Waals surface area contributed by atoms with Gasteiger partial charge in [0.25, 0.3) is 0 Å². The van der Waals surface area contributed by atoms with E-state index in [9.17, 15) is 4.79 Å². The lowest BCUT2D eigenvalue weighted by Gasteiger charge is -2.16. The summed E-state index contributed by atoms with van der Waals surface area (Å²) in [5, 5.41) is 17.7. The quantitative estimate of drug-likeness (QED) is 0.757. The number of hydrogen-bond donors (Lipinski definition) is 1. The van der Waals surface area contributed by atoms with Crippen molar-refractivity contribution in [1.29, 1.82) is 0 Å². The van der Waals surface area contributed by atoms with Crippen molar-refractivity contribution >= 4 is 17.7 Å². The summed E-state index contributed by atoms with van der Waals surface area (Å²) in [6.45, 7) is 3.96. The Morgan fingerprint density at radius 2 is 2.40 bits per heavy atom. The Labute approximate surface area is 121 Å². The zero-order valence-electron chi connectivity index (χ0n) is 11.6. The van der Waals surface area contributed by atoms with Gasteiger partial charge in [0, 0.05) is 20.3 Å². The predicted molar refractivity (Wildman–Crippen MR) is 72.7 cm³/mol. The molecule has 0 radical (unpaired) electrons. The average molecular weight is 301 g/mol. The summed E-state index contributed by atoms with van der Waals surface area (Å²) in [4.78, 5) is 10.7. The number of aromatic nitrogens is 3. The minimum absolute atomic E-state index is 0.0355. The smallest absolute Gasteiger partial charge is 0.313 e. The van der Waals surface area contributed by atoms with Crippen molar-refractivity contribution in [1.82, 2.24) is 14.8 Å². The van der Waals surface area contributed by atoms with Gasteiger partial charge >= 0.3 is 5.97 Å².